The second kappa shape index (κ2) is 8.96. The number of ether oxygens (including phenoxy) is 1. The molecule has 2 heterocycles. The monoisotopic (exact) mass is 374 g/mol. The summed E-state index contributed by atoms with van der Waals surface area (Å²) in [4.78, 5) is 16.9. The van der Waals surface area contributed by atoms with Gasteiger partial charge in [0.05, 0.1) is 18.2 Å². The Labute approximate surface area is 164 Å². The van der Waals surface area contributed by atoms with Crippen LogP contribution in [-0.2, 0) is 4.79 Å². The van der Waals surface area contributed by atoms with E-state index in [9.17, 15) is 4.79 Å². The molecule has 6 heteroatoms. The third-order valence-corrected chi connectivity index (χ3v) is 4.63. The van der Waals surface area contributed by atoms with Crippen LogP contribution in [0.5, 0.6) is 5.88 Å². The van der Waals surface area contributed by atoms with Crippen LogP contribution < -0.4 is 4.74 Å². The average molecular weight is 374 g/mol. The quantitative estimate of drug-likeness (QED) is 0.543. The molecule has 0 bridgehead atoms. The molecular formula is C22H22N4O2. The van der Waals surface area contributed by atoms with E-state index in [0.717, 1.165) is 11.1 Å². The Morgan fingerprint density at radius 1 is 1.36 bits per heavy atom. The predicted molar refractivity (Wildman–Crippen MR) is 107 cm³/mol. The van der Waals surface area contributed by atoms with Gasteiger partial charge in [-0.3, -0.25) is 4.79 Å². The van der Waals surface area contributed by atoms with Gasteiger partial charge in [0.1, 0.15) is 6.07 Å². The maximum Gasteiger partial charge on any atom is 0.269 e. The Kier molecular flexibility index (Phi) is 6.18. The predicted octanol–water partition coefficient (Wildman–Crippen LogP) is 3.94. The van der Waals surface area contributed by atoms with Gasteiger partial charge in [-0.05, 0) is 37.0 Å². The lowest BCUT2D eigenvalue weighted by molar-refractivity contribution is -0.129. The summed E-state index contributed by atoms with van der Waals surface area (Å²) in [6.07, 6.45) is 5.11. The average Bonchev–Trinajstić information content (AvgIpc) is 3.20. The number of aryl methyl sites for hydroxylation is 1. The van der Waals surface area contributed by atoms with Crippen molar-refractivity contribution in [2.45, 2.75) is 32.2 Å². The molecular weight excluding hydrogens is 352 g/mol. The van der Waals surface area contributed by atoms with Crippen LogP contribution in [0, 0.1) is 18.3 Å². The Morgan fingerprint density at radius 3 is 2.89 bits per heavy atom. The molecule has 6 nitrogen and oxygen atoms in total. The topological polar surface area (TPSA) is 78.6 Å². The summed E-state index contributed by atoms with van der Waals surface area (Å²) in [5, 5.41) is 14.6. The van der Waals surface area contributed by atoms with E-state index in [1.165, 1.54) is 11.2 Å². The molecule has 2 aromatic rings. The van der Waals surface area contributed by atoms with E-state index in [1.807, 2.05) is 37.3 Å². The van der Waals surface area contributed by atoms with Crippen molar-refractivity contribution in [1.29, 1.82) is 5.26 Å². The molecule has 1 atom stereocenters. The van der Waals surface area contributed by atoms with Crippen LogP contribution in [-0.4, -0.2) is 28.7 Å². The molecule has 0 aliphatic carbocycles. The van der Waals surface area contributed by atoms with Gasteiger partial charge in [0.2, 0.25) is 5.88 Å². The minimum absolute atomic E-state index is 0.0791. The standard InChI is InChI=1S/C22H22N4O2/c1-16-6-3-4-8-19(16)20-11-12-25-26(20)22(27)17(2)7-5-13-28-21-10-9-18(14-23)15-24-21/h3-4,6,8-10,12,15,20H,2,5,7,11,13H2,1H3. The minimum atomic E-state index is -0.154. The van der Waals surface area contributed by atoms with Crippen LogP contribution in [0.2, 0.25) is 0 Å². The fourth-order valence-electron chi connectivity index (χ4n) is 3.09. The number of hydrazone groups is 1. The number of amides is 1. The SMILES string of the molecule is C=C(CCCOc1ccc(C#N)cn1)C(=O)N1N=CCC1c1ccccc1C. The Bertz CT molecular complexity index is 928. The Balaban J connectivity index is 1.51. The fraction of sp³-hybridized carbons (Fsp3) is 0.273. The molecule has 1 aromatic heterocycles. The third-order valence-electron chi connectivity index (χ3n) is 4.63. The van der Waals surface area contributed by atoms with Crippen LogP contribution >= 0.6 is 0 Å². The molecule has 0 N–H and O–H groups in total. The van der Waals surface area contributed by atoms with Gasteiger partial charge < -0.3 is 4.74 Å². The summed E-state index contributed by atoms with van der Waals surface area (Å²) >= 11 is 0. The fourth-order valence-corrected chi connectivity index (χ4v) is 3.09. The molecule has 0 fully saturated rings. The van der Waals surface area contributed by atoms with Gasteiger partial charge in [0.25, 0.3) is 5.91 Å². The van der Waals surface area contributed by atoms with Gasteiger partial charge in [-0.1, -0.05) is 30.8 Å². The first-order chi connectivity index (χ1) is 13.6. The zero-order chi connectivity index (χ0) is 19.9. The molecule has 1 amide bonds. The maximum absolute atomic E-state index is 12.8. The lowest BCUT2D eigenvalue weighted by Crippen LogP contribution is -2.28. The van der Waals surface area contributed by atoms with Gasteiger partial charge >= 0.3 is 0 Å². The van der Waals surface area contributed by atoms with E-state index in [-0.39, 0.29) is 11.9 Å². The number of hydrogen-bond acceptors (Lipinski definition) is 5. The van der Waals surface area contributed by atoms with Gasteiger partial charge in [-0.2, -0.15) is 10.4 Å². The zero-order valence-electron chi connectivity index (χ0n) is 15.8. The van der Waals surface area contributed by atoms with E-state index >= 15 is 0 Å². The van der Waals surface area contributed by atoms with Crippen LogP contribution in [0.3, 0.4) is 0 Å². The number of hydrogen-bond donors (Lipinski definition) is 0. The van der Waals surface area contributed by atoms with Crippen molar-refractivity contribution >= 4 is 12.1 Å². The van der Waals surface area contributed by atoms with E-state index in [2.05, 4.69) is 16.7 Å². The molecule has 0 saturated heterocycles. The van der Waals surface area contributed by atoms with Crippen LogP contribution in [0.1, 0.15) is 42.0 Å². The van der Waals surface area contributed by atoms with Crippen molar-refractivity contribution < 1.29 is 9.53 Å². The van der Waals surface area contributed by atoms with Crippen LogP contribution in [0.15, 0.2) is 59.8 Å². The smallest absolute Gasteiger partial charge is 0.269 e. The number of benzene rings is 1. The summed E-state index contributed by atoms with van der Waals surface area (Å²) in [5.74, 6) is 0.304. The van der Waals surface area contributed by atoms with E-state index in [4.69, 9.17) is 10.00 Å². The van der Waals surface area contributed by atoms with Gasteiger partial charge in [-0.25, -0.2) is 9.99 Å². The van der Waals surface area contributed by atoms with E-state index < -0.39 is 0 Å². The molecule has 0 radical (unpaired) electrons. The van der Waals surface area contributed by atoms with Crippen molar-refractivity contribution in [2.24, 2.45) is 5.10 Å². The molecule has 1 unspecified atom stereocenters. The van der Waals surface area contributed by atoms with Gasteiger partial charge in [-0.15, -0.1) is 0 Å². The number of carbonyl (C=O) groups excluding carboxylic acids is 1. The van der Waals surface area contributed by atoms with Crippen molar-refractivity contribution in [3.8, 4) is 11.9 Å². The number of nitrogens with zero attached hydrogens (tertiary/aromatic N) is 4. The Morgan fingerprint density at radius 2 is 2.18 bits per heavy atom. The highest BCUT2D eigenvalue weighted by Gasteiger charge is 2.30. The Hall–Kier alpha value is -3.46. The number of carbonyl (C=O) groups is 1. The van der Waals surface area contributed by atoms with Gasteiger partial charge in [0, 0.05) is 30.5 Å². The number of nitriles is 1. The lowest BCUT2D eigenvalue weighted by Gasteiger charge is -2.24. The molecule has 0 spiro atoms. The van der Waals surface area contributed by atoms with Crippen LogP contribution in [0.4, 0.5) is 0 Å². The first-order valence-corrected chi connectivity index (χ1v) is 9.18. The highest BCUT2D eigenvalue weighted by molar-refractivity contribution is 5.94. The molecule has 1 aromatic carbocycles. The largest absolute Gasteiger partial charge is 0.478 e. The van der Waals surface area contributed by atoms with Gasteiger partial charge in [0.15, 0.2) is 0 Å². The normalized spacial score (nSPS) is 15.3. The third kappa shape index (κ3) is 4.44. The molecule has 28 heavy (non-hydrogen) atoms. The summed E-state index contributed by atoms with van der Waals surface area (Å²) in [7, 11) is 0. The molecule has 3 rings (SSSR count). The highest BCUT2D eigenvalue weighted by Crippen LogP contribution is 2.31. The van der Waals surface area contributed by atoms with Crippen LogP contribution in [0.25, 0.3) is 0 Å². The zero-order valence-corrected chi connectivity index (χ0v) is 15.8. The molecule has 1 aliphatic rings. The first kappa shape index (κ1) is 19.3. The summed E-state index contributed by atoms with van der Waals surface area (Å²) < 4.78 is 5.55. The number of rotatable bonds is 7. The van der Waals surface area contributed by atoms with E-state index in [1.54, 1.807) is 18.3 Å². The minimum Gasteiger partial charge on any atom is -0.478 e. The van der Waals surface area contributed by atoms with Crippen molar-refractivity contribution in [1.82, 2.24) is 9.99 Å². The van der Waals surface area contributed by atoms with Crippen molar-refractivity contribution in [2.75, 3.05) is 6.61 Å². The second-order valence-electron chi connectivity index (χ2n) is 6.61. The molecule has 1 aliphatic heterocycles. The second-order valence-corrected chi connectivity index (χ2v) is 6.61. The summed E-state index contributed by atoms with van der Waals surface area (Å²) in [5.41, 5.74) is 3.25. The van der Waals surface area contributed by atoms with E-state index in [0.29, 0.717) is 42.9 Å². The molecule has 142 valence electrons. The lowest BCUT2D eigenvalue weighted by atomic mass is 9.99. The summed E-state index contributed by atoms with van der Waals surface area (Å²) in [6.45, 7) is 6.40. The molecule has 0 saturated carbocycles. The first-order valence-electron chi connectivity index (χ1n) is 9.18. The highest BCUT2D eigenvalue weighted by atomic mass is 16.5. The number of aromatic nitrogens is 1. The maximum atomic E-state index is 12.8. The van der Waals surface area contributed by atoms with Crippen molar-refractivity contribution in [3.63, 3.8) is 0 Å². The van der Waals surface area contributed by atoms with Crippen molar-refractivity contribution in [3.05, 3.63) is 71.4 Å². The summed E-state index contributed by atoms with van der Waals surface area (Å²) in [6, 6.07) is 13.3. The number of pyridine rings is 1.